The van der Waals surface area contributed by atoms with Crippen LogP contribution in [0.5, 0.6) is 0 Å². The van der Waals surface area contributed by atoms with E-state index in [2.05, 4.69) is 0 Å². The lowest BCUT2D eigenvalue weighted by Gasteiger charge is -2.32. The molecule has 76 valence electrons. The lowest BCUT2D eigenvalue weighted by molar-refractivity contribution is -0.195. The van der Waals surface area contributed by atoms with Crippen molar-refractivity contribution in [1.29, 1.82) is 0 Å². The van der Waals surface area contributed by atoms with Crippen LogP contribution >= 0.6 is 0 Å². The van der Waals surface area contributed by atoms with Crippen molar-refractivity contribution < 1.29 is 22.7 Å². The maximum atomic E-state index is 12.0. The van der Waals surface area contributed by atoms with Crippen LogP contribution in [0.1, 0.15) is 25.7 Å². The largest absolute Gasteiger partial charge is 0.392 e. The van der Waals surface area contributed by atoms with Gasteiger partial charge in [-0.2, -0.15) is 13.2 Å². The summed E-state index contributed by atoms with van der Waals surface area (Å²) in [6, 6.07) is 0. The lowest BCUT2D eigenvalue weighted by atomic mass is 9.92. The van der Waals surface area contributed by atoms with Crippen LogP contribution in [0.3, 0.4) is 0 Å². The number of hydrogen-bond donors (Lipinski definition) is 0. The van der Waals surface area contributed by atoms with Gasteiger partial charge in [0, 0.05) is 6.61 Å². The van der Waals surface area contributed by atoms with Gasteiger partial charge in [0.15, 0.2) is 6.29 Å². The van der Waals surface area contributed by atoms with Gasteiger partial charge in [0.25, 0.3) is 0 Å². The predicted molar refractivity (Wildman–Crippen MR) is 39.3 cm³/mol. The summed E-state index contributed by atoms with van der Waals surface area (Å²) in [6.07, 6.45) is -3.68. The normalized spacial score (nSPS) is 30.1. The van der Waals surface area contributed by atoms with E-state index >= 15 is 0 Å². The first-order valence-electron chi connectivity index (χ1n) is 4.14. The third kappa shape index (κ3) is 2.99. The minimum absolute atomic E-state index is 0.177. The Morgan fingerprint density at radius 1 is 1.38 bits per heavy atom. The summed E-state index contributed by atoms with van der Waals surface area (Å²) in [6.45, 7) is 0.245. The fraction of sp³-hybridized carbons (Fsp3) is 0.875. The first-order valence-corrected chi connectivity index (χ1v) is 4.14. The summed E-state index contributed by atoms with van der Waals surface area (Å²) in [4.78, 5) is 10.5. The molecule has 0 aliphatic carbocycles. The van der Waals surface area contributed by atoms with Gasteiger partial charge < -0.3 is 9.53 Å². The van der Waals surface area contributed by atoms with E-state index in [0.29, 0.717) is 12.7 Å². The number of carbonyl (C=O) groups excluding carboxylic acids is 1. The summed E-state index contributed by atoms with van der Waals surface area (Å²) in [7, 11) is 0. The van der Waals surface area contributed by atoms with Gasteiger partial charge in [-0.25, -0.2) is 0 Å². The van der Waals surface area contributed by atoms with Crippen molar-refractivity contribution in [3.63, 3.8) is 0 Å². The molecule has 1 heterocycles. The number of aldehydes is 1. The molecule has 1 aliphatic heterocycles. The second kappa shape index (κ2) is 3.65. The third-order valence-electron chi connectivity index (χ3n) is 2.10. The minimum atomic E-state index is -4.34. The molecule has 1 unspecified atom stereocenters. The second-order valence-corrected chi connectivity index (χ2v) is 3.28. The van der Waals surface area contributed by atoms with Crippen LogP contribution in [-0.4, -0.2) is 24.7 Å². The van der Waals surface area contributed by atoms with Crippen molar-refractivity contribution in [2.45, 2.75) is 37.5 Å². The fourth-order valence-corrected chi connectivity index (χ4v) is 1.49. The number of rotatable bonds is 2. The molecule has 1 fully saturated rings. The number of ether oxygens (including phenoxy) is 1. The molecule has 0 N–H and O–H groups in total. The summed E-state index contributed by atoms with van der Waals surface area (Å²) < 4.78 is 41.0. The second-order valence-electron chi connectivity index (χ2n) is 3.28. The summed E-state index contributed by atoms with van der Waals surface area (Å²) in [5, 5.41) is 0. The Hall–Kier alpha value is -0.580. The molecule has 0 spiro atoms. The van der Waals surface area contributed by atoms with E-state index in [-0.39, 0.29) is 13.0 Å². The molecule has 1 rings (SSSR count). The van der Waals surface area contributed by atoms with Gasteiger partial charge in [0.2, 0.25) is 0 Å². The molecule has 0 radical (unpaired) electrons. The number of hydrogen-bond acceptors (Lipinski definition) is 2. The van der Waals surface area contributed by atoms with Crippen LogP contribution in [0.2, 0.25) is 0 Å². The van der Waals surface area contributed by atoms with Crippen molar-refractivity contribution >= 4 is 6.29 Å². The van der Waals surface area contributed by atoms with Crippen molar-refractivity contribution in [2.75, 3.05) is 6.61 Å². The van der Waals surface area contributed by atoms with Crippen molar-refractivity contribution in [2.24, 2.45) is 0 Å². The van der Waals surface area contributed by atoms with Gasteiger partial charge in [0.05, 0.1) is 6.42 Å². The molecular formula is C8H11F3O2. The highest BCUT2D eigenvalue weighted by Crippen LogP contribution is 2.34. The molecule has 13 heavy (non-hydrogen) atoms. The Morgan fingerprint density at radius 2 is 2.08 bits per heavy atom. The van der Waals surface area contributed by atoms with E-state index in [4.69, 9.17) is 4.74 Å². The standard InChI is InChI=1S/C8H11F3O2/c9-8(10,11)5-7(6-12)3-1-2-4-13-7/h6H,1-5H2. The molecule has 5 heteroatoms. The van der Waals surface area contributed by atoms with Crippen molar-refractivity contribution in [3.05, 3.63) is 0 Å². The summed E-state index contributed by atoms with van der Waals surface area (Å²) in [5.41, 5.74) is -1.60. The van der Waals surface area contributed by atoms with E-state index in [1.165, 1.54) is 0 Å². The van der Waals surface area contributed by atoms with E-state index in [9.17, 15) is 18.0 Å². The molecule has 0 aromatic heterocycles. The van der Waals surface area contributed by atoms with E-state index in [0.717, 1.165) is 6.42 Å². The minimum Gasteiger partial charge on any atom is -0.367 e. The number of halogens is 3. The van der Waals surface area contributed by atoms with E-state index < -0.39 is 18.2 Å². The Balaban J connectivity index is 2.63. The first kappa shape index (κ1) is 10.5. The molecular weight excluding hydrogens is 185 g/mol. The Morgan fingerprint density at radius 3 is 2.46 bits per heavy atom. The maximum Gasteiger partial charge on any atom is 0.392 e. The third-order valence-corrected chi connectivity index (χ3v) is 2.10. The van der Waals surface area contributed by atoms with Gasteiger partial charge in [0.1, 0.15) is 5.60 Å². The zero-order valence-electron chi connectivity index (χ0n) is 7.06. The number of carbonyl (C=O) groups is 1. The Labute approximate surface area is 74.1 Å². The van der Waals surface area contributed by atoms with Crippen LogP contribution in [0.4, 0.5) is 13.2 Å². The van der Waals surface area contributed by atoms with Crippen LogP contribution in [0, 0.1) is 0 Å². The summed E-state index contributed by atoms with van der Waals surface area (Å²) in [5.74, 6) is 0. The molecule has 0 aromatic rings. The average Bonchev–Trinajstić information content (AvgIpc) is 2.03. The molecule has 1 saturated heterocycles. The molecule has 0 bridgehead atoms. The first-order chi connectivity index (χ1) is 5.97. The van der Waals surface area contributed by atoms with Crippen LogP contribution in [0.25, 0.3) is 0 Å². The monoisotopic (exact) mass is 196 g/mol. The fourth-order valence-electron chi connectivity index (χ4n) is 1.49. The molecule has 0 saturated carbocycles. The highest BCUT2D eigenvalue weighted by Gasteiger charge is 2.44. The van der Waals surface area contributed by atoms with Crippen LogP contribution in [-0.2, 0) is 9.53 Å². The quantitative estimate of drug-likeness (QED) is 0.632. The van der Waals surface area contributed by atoms with Gasteiger partial charge in [-0.3, -0.25) is 0 Å². The zero-order chi connectivity index (χ0) is 9.95. The molecule has 0 amide bonds. The Bertz CT molecular complexity index is 182. The molecule has 0 aromatic carbocycles. The average molecular weight is 196 g/mol. The highest BCUT2D eigenvalue weighted by atomic mass is 19.4. The van der Waals surface area contributed by atoms with E-state index in [1.54, 1.807) is 0 Å². The van der Waals surface area contributed by atoms with Crippen LogP contribution < -0.4 is 0 Å². The van der Waals surface area contributed by atoms with Gasteiger partial charge >= 0.3 is 6.18 Å². The predicted octanol–water partition coefficient (Wildman–Crippen LogP) is 2.08. The van der Waals surface area contributed by atoms with E-state index in [1.807, 2.05) is 0 Å². The van der Waals surface area contributed by atoms with Gasteiger partial charge in [-0.1, -0.05) is 0 Å². The lowest BCUT2D eigenvalue weighted by Crippen LogP contribution is -2.42. The molecule has 2 nitrogen and oxygen atoms in total. The maximum absolute atomic E-state index is 12.0. The van der Waals surface area contributed by atoms with Gasteiger partial charge in [-0.05, 0) is 19.3 Å². The summed E-state index contributed by atoms with van der Waals surface area (Å²) >= 11 is 0. The smallest absolute Gasteiger partial charge is 0.367 e. The van der Waals surface area contributed by atoms with Crippen molar-refractivity contribution in [1.82, 2.24) is 0 Å². The van der Waals surface area contributed by atoms with Gasteiger partial charge in [-0.15, -0.1) is 0 Å². The Kier molecular flexibility index (Phi) is 2.95. The zero-order valence-corrected chi connectivity index (χ0v) is 7.06. The molecule has 1 atom stereocenters. The van der Waals surface area contributed by atoms with Crippen molar-refractivity contribution in [3.8, 4) is 0 Å². The SMILES string of the molecule is O=CC1(CC(F)(F)F)CCCCO1. The highest BCUT2D eigenvalue weighted by molar-refractivity contribution is 5.62. The topological polar surface area (TPSA) is 26.3 Å². The number of alkyl halides is 3. The van der Waals surface area contributed by atoms with Crippen LogP contribution in [0.15, 0.2) is 0 Å². The molecule has 1 aliphatic rings.